The lowest BCUT2D eigenvalue weighted by molar-refractivity contribution is -0.117. The molecule has 1 aromatic carbocycles. The van der Waals surface area contributed by atoms with Gasteiger partial charge in [0.2, 0.25) is 5.91 Å². The largest absolute Gasteiger partial charge is 0.338 e. The Kier molecular flexibility index (Phi) is 4.21. The molecule has 1 fully saturated rings. The van der Waals surface area contributed by atoms with Gasteiger partial charge < -0.3 is 4.90 Å². The van der Waals surface area contributed by atoms with Gasteiger partial charge in [-0.25, -0.2) is 9.97 Å². The monoisotopic (exact) mass is 364 g/mol. The maximum Gasteiger partial charge on any atom is 0.253 e. The zero-order valence-corrected chi connectivity index (χ0v) is 16.0. The second-order valence-corrected chi connectivity index (χ2v) is 7.82. The summed E-state index contributed by atoms with van der Waals surface area (Å²) in [4.78, 5) is 38.0. The van der Waals surface area contributed by atoms with E-state index in [1.165, 1.54) is 0 Å². The van der Waals surface area contributed by atoms with Crippen LogP contribution in [0.25, 0.3) is 0 Å². The van der Waals surface area contributed by atoms with Crippen LogP contribution in [0.2, 0.25) is 0 Å². The highest BCUT2D eigenvalue weighted by atomic mass is 16.2. The van der Waals surface area contributed by atoms with Crippen molar-refractivity contribution in [1.29, 1.82) is 0 Å². The summed E-state index contributed by atoms with van der Waals surface area (Å²) in [5.41, 5.74) is 2.16. The Morgan fingerprint density at radius 3 is 2.67 bits per heavy atom. The van der Waals surface area contributed by atoms with E-state index in [2.05, 4.69) is 6.92 Å². The number of hydrogen-bond donors (Lipinski definition) is 0. The smallest absolute Gasteiger partial charge is 0.253 e. The fourth-order valence-corrected chi connectivity index (χ4v) is 4.08. The van der Waals surface area contributed by atoms with Crippen molar-refractivity contribution in [2.45, 2.75) is 38.5 Å². The molecular weight excluding hydrogens is 340 g/mol. The Morgan fingerprint density at radius 2 is 1.93 bits per heavy atom. The third-order valence-electron chi connectivity index (χ3n) is 5.76. The van der Waals surface area contributed by atoms with Gasteiger partial charge in [0.15, 0.2) is 0 Å². The predicted octanol–water partition coefficient (Wildman–Crippen LogP) is 2.50. The molecule has 0 saturated carbocycles. The number of carbonyl (C=O) groups excluding carboxylic acids is 2. The lowest BCUT2D eigenvalue weighted by Gasteiger charge is -2.39. The SMILES string of the molecule is Cc1nc([C@@]2(C)CCCN(C(=O)c3ccccc3)C2)nc2c1CC(=O)N2C. The van der Waals surface area contributed by atoms with Crippen LogP contribution in [0.4, 0.5) is 5.82 Å². The van der Waals surface area contributed by atoms with Crippen LogP contribution < -0.4 is 4.90 Å². The number of rotatable bonds is 2. The lowest BCUT2D eigenvalue weighted by atomic mass is 9.80. The van der Waals surface area contributed by atoms with Crippen molar-refractivity contribution in [3.63, 3.8) is 0 Å². The maximum atomic E-state index is 12.9. The summed E-state index contributed by atoms with van der Waals surface area (Å²) >= 11 is 0. The van der Waals surface area contributed by atoms with E-state index in [0.717, 1.165) is 42.3 Å². The Morgan fingerprint density at radius 1 is 1.19 bits per heavy atom. The highest BCUT2D eigenvalue weighted by Crippen LogP contribution is 2.36. The van der Waals surface area contributed by atoms with Gasteiger partial charge in [-0.1, -0.05) is 25.1 Å². The molecule has 1 saturated heterocycles. The van der Waals surface area contributed by atoms with Crippen molar-refractivity contribution in [2.75, 3.05) is 25.0 Å². The van der Waals surface area contributed by atoms with Crippen molar-refractivity contribution < 1.29 is 9.59 Å². The van der Waals surface area contributed by atoms with E-state index in [1.807, 2.05) is 42.2 Å². The van der Waals surface area contributed by atoms with Gasteiger partial charge in [0.05, 0.1) is 6.42 Å². The molecule has 0 radical (unpaired) electrons. The van der Waals surface area contributed by atoms with E-state index in [1.54, 1.807) is 11.9 Å². The third-order valence-corrected chi connectivity index (χ3v) is 5.76. The van der Waals surface area contributed by atoms with Gasteiger partial charge >= 0.3 is 0 Å². The number of fused-ring (bicyclic) bond motifs is 1. The van der Waals surface area contributed by atoms with Crippen molar-refractivity contribution in [1.82, 2.24) is 14.9 Å². The minimum atomic E-state index is -0.324. The fourth-order valence-electron chi connectivity index (χ4n) is 4.08. The predicted molar refractivity (Wildman–Crippen MR) is 103 cm³/mol. The van der Waals surface area contributed by atoms with Crippen LogP contribution in [0.5, 0.6) is 0 Å². The number of hydrogen-bond acceptors (Lipinski definition) is 4. The van der Waals surface area contributed by atoms with E-state index >= 15 is 0 Å². The van der Waals surface area contributed by atoms with Gasteiger partial charge in [0.25, 0.3) is 5.91 Å². The van der Waals surface area contributed by atoms with E-state index < -0.39 is 0 Å². The quantitative estimate of drug-likeness (QED) is 0.821. The molecule has 3 heterocycles. The Hall–Kier alpha value is -2.76. The number of likely N-dealkylation sites (tertiary alicyclic amines) is 1. The number of carbonyl (C=O) groups is 2. The zero-order valence-electron chi connectivity index (χ0n) is 16.0. The Balaban J connectivity index is 1.65. The van der Waals surface area contributed by atoms with Gasteiger partial charge in [-0.3, -0.25) is 14.5 Å². The van der Waals surface area contributed by atoms with E-state index in [9.17, 15) is 9.59 Å². The molecule has 2 aromatic rings. The van der Waals surface area contributed by atoms with E-state index in [0.29, 0.717) is 18.5 Å². The molecule has 27 heavy (non-hydrogen) atoms. The molecule has 2 aliphatic rings. The van der Waals surface area contributed by atoms with Crippen LogP contribution in [0.1, 0.15) is 47.2 Å². The number of aryl methyl sites for hydroxylation is 1. The molecule has 1 aromatic heterocycles. The van der Waals surface area contributed by atoms with Crippen molar-refractivity contribution in [2.24, 2.45) is 0 Å². The second kappa shape index (κ2) is 6.44. The third kappa shape index (κ3) is 2.99. The summed E-state index contributed by atoms with van der Waals surface area (Å²) in [7, 11) is 1.76. The van der Waals surface area contributed by atoms with Gasteiger partial charge in [-0.05, 0) is 31.9 Å². The number of piperidine rings is 1. The first-order chi connectivity index (χ1) is 12.9. The second-order valence-electron chi connectivity index (χ2n) is 7.82. The van der Waals surface area contributed by atoms with Crippen LogP contribution in [0, 0.1) is 6.92 Å². The lowest BCUT2D eigenvalue weighted by Crippen LogP contribution is -2.48. The van der Waals surface area contributed by atoms with E-state index in [4.69, 9.17) is 9.97 Å². The average Bonchev–Trinajstić information content (AvgIpc) is 2.97. The Labute approximate surface area is 159 Å². The molecule has 6 nitrogen and oxygen atoms in total. The molecule has 0 aliphatic carbocycles. The molecule has 6 heteroatoms. The summed E-state index contributed by atoms with van der Waals surface area (Å²) in [5, 5.41) is 0. The van der Waals surface area contributed by atoms with E-state index in [-0.39, 0.29) is 17.2 Å². The normalized spacial score (nSPS) is 22.1. The van der Waals surface area contributed by atoms with Crippen LogP contribution in [-0.2, 0) is 16.6 Å². The van der Waals surface area contributed by atoms with Crippen molar-refractivity contribution >= 4 is 17.6 Å². The number of benzene rings is 1. The molecular formula is C21H24N4O2. The summed E-state index contributed by atoms with van der Waals surface area (Å²) in [5.74, 6) is 1.54. The number of aromatic nitrogens is 2. The molecule has 0 bridgehead atoms. The first-order valence-corrected chi connectivity index (χ1v) is 9.38. The first kappa shape index (κ1) is 17.6. The molecule has 0 unspecified atom stereocenters. The minimum absolute atomic E-state index is 0.0479. The number of anilines is 1. The number of nitrogens with zero attached hydrogens (tertiary/aromatic N) is 4. The van der Waals surface area contributed by atoms with Crippen LogP contribution in [0.15, 0.2) is 30.3 Å². The fraction of sp³-hybridized carbons (Fsp3) is 0.429. The van der Waals surface area contributed by atoms with Crippen molar-refractivity contribution in [3.05, 3.63) is 53.0 Å². The number of amides is 2. The maximum absolute atomic E-state index is 12.9. The van der Waals surface area contributed by atoms with Gasteiger partial charge in [0, 0.05) is 42.4 Å². The van der Waals surface area contributed by atoms with Gasteiger partial charge in [-0.15, -0.1) is 0 Å². The zero-order chi connectivity index (χ0) is 19.2. The topological polar surface area (TPSA) is 66.4 Å². The number of likely N-dealkylation sites (N-methyl/N-ethyl adjacent to an activating group) is 1. The minimum Gasteiger partial charge on any atom is -0.338 e. The highest BCUT2D eigenvalue weighted by Gasteiger charge is 2.39. The standard InChI is InChI=1S/C21H24N4O2/c1-14-16-12-17(26)24(3)18(16)23-20(22-14)21(2)10-7-11-25(13-21)19(27)15-8-5-4-6-9-15/h4-6,8-9H,7,10-13H2,1-3H3/t21-/m0/s1. The molecule has 1 atom stereocenters. The summed E-state index contributed by atoms with van der Waals surface area (Å²) in [6, 6.07) is 9.39. The van der Waals surface area contributed by atoms with Crippen LogP contribution in [0.3, 0.4) is 0 Å². The summed E-state index contributed by atoms with van der Waals surface area (Å²) < 4.78 is 0. The van der Waals surface area contributed by atoms with Gasteiger partial charge in [-0.2, -0.15) is 0 Å². The molecule has 4 rings (SSSR count). The molecule has 2 aliphatic heterocycles. The first-order valence-electron chi connectivity index (χ1n) is 9.38. The Bertz CT molecular complexity index is 912. The van der Waals surface area contributed by atoms with Crippen LogP contribution >= 0.6 is 0 Å². The van der Waals surface area contributed by atoms with Crippen LogP contribution in [-0.4, -0.2) is 46.8 Å². The van der Waals surface area contributed by atoms with Gasteiger partial charge in [0.1, 0.15) is 11.6 Å². The molecule has 140 valence electrons. The summed E-state index contributed by atoms with van der Waals surface area (Å²) in [6.07, 6.45) is 2.19. The highest BCUT2D eigenvalue weighted by molar-refractivity contribution is 6.00. The molecule has 0 N–H and O–H groups in total. The van der Waals surface area contributed by atoms with Crippen molar-refractivity contribution in [3.8, 4) is 0 Å². The molecule has 2 amide bonds. The average molecular weight is 364 g/mol. The summed E-state index contributed by atoms with van der Waals surface area (Å²) in [6.45, 7) is 5.38. The molecule has 0 spiro atoms.